The van der Waals surface area contributed by atoms with Crippen LogP contribution < -0.4 is 0 Å². The molecule has 1 N–H and O–H groups in total. The van der Waals surface area contributed by atoms with Crippen molar-refractivity contribution in [2.24, 2.45) is 0 Å². The molecule has 2 aromatic rings. The van der Waals surface area contributed by atoms with Gasteiger partial charge in [-0.2, -0.15) is 9.65 Å². The monoisotopic (exact) mass is 270 g/mol. The number of benzene rings is 1. The van der Waals surface area contributed by atoms with E-state index in [1.165, 1.54) is 6.20 Å². The summed E-state index contributed by atoms with van der Waals surface area (Å²) in [6.45, 7) is -0.107. The van der Waals surface area contributed by atoms with Crippen LogP contribution in [0.4, 0.5) is 4.39 Å². The van der Waals surface area contributed by atoms with E-state index in [9.17, 15) is 14.8 Å². The number of nitrogens with zero attached hydrogens (tertiary/aromatic N) is 2. The number of aliphatic hydroxyl groups excluding tert-OH is 1. The molecular formula is C16H15FN2O. The molecule has 3 nitrogen and oxygen atoms in total. The lowest BCUT2D eigenvalue weighted by molar-refractivity contribution is 0.270. The van der Waals surface area contributed by atoms with Crippen LogP contribution in [-0.4, -0.2) is 16.7 Å². The molecular weight excluding hydrogens is 255 g/mol. The third-order valence-electron chi connectivity index (χ3n) is 3.33. The van der Waals surface area contributed by atoms with Gasteiger partial charge in [0.15, 0.2) is 0 Å². The second-order valence-corrected chi connectivity index (χ2v) is 4.52. The van der Waals surface area contributed by atoms with E-state index in [0.29, 0.717) is 12.0 Å². The predicted octanol–water partition coefficient (Wildman–Crippen LogP) is 2.99. The highest BCUT2D eigenvalue weighted by Crippen LogP contribution is 2.35. The normalized spacial score (nSPS) is 13.4. The van der Waals surface area contributed by atoms with E-state index in [2.05, 4.69) is 11.1 Å². The molecule has 20 heavy (non-hydrogen) atoms. The van der Waals surface area contributed by atoms with Gasteiger partial charge in [0.25, 0.3) is 0 Å². The highest BCUT2D eigenvalue weighted by atomic mass is 19.1. The van der Waals surface area contributed by atoms with Gasteiger partial charge in [0.2, 0.25) is 5.95 Å². The van der Waals surface area contributed by atoms with Crippen LogP contribution >= 0.6 is 0 Å². The van der Waals surface area contributed by atoms with Crippen molar-refractivity contribution < 1.29 is 9.50 Å². The largest absolute Gasteiger partial charge is 0.396 e. The molecule has 2 rings (SSSR count). The van der Waals surface area contributed by atoms with Crippen molar-refractivity contribution in [3.63, 3.8) is 0 Å². The van der Waals surface area contributed by atoms with Gasteiger partial charge >= 0.3 is 0 Å². The fourth-order valence-corrected chi connectivity index (χ4v) is 2.37. The molecule has 1 aromatic carbocycles. The van der Waals surface area contributed by atoms with Crippen molar-refractivity contribution in [2.75, 3.05) is 6.61 Å². The third-order valence-corrected chi connectivity index (χ3v) is 3.33. The summed E-state index contributed by atoms with van der Waals surface area (Å²) in [5, 5.41) is 18.7. The SMILES string of the molecule is N#C[C@@H](c1ccccc1)[C@H](CCO)c1cccnc1F. The molecule has 0 unspecified atom stereocenters. The standard InChI is InChI=1S/C16H15FN2O/c17-16-14(7-4-9-19-16)13(8-10-20)15(11-18)12-5-2-1-3-6-12/h1-7,9,13,15,20H,8,10H2/t13-,15+/m1/s1. The Morgan fingerprint density at radius 2 is 1.95 bits per heavy atom. The van der Waals surface area contributed by atoms with Gasteiger partial charge in [-0.3, -0.25) is 0 Å². The molecule has 0 bridgehead atoms. The van der Waals surface area contributed by atoms with E-state index in [4.69, 9.17) is 0 Å². The zero-order valence-corrected chi connectivity index (χ0v) is 10.9. The van der Waals surface area contributed by atoms with Crippen molar-refractivity contribution >= 4 is 0 Å². The second-order valence-electron chi connectivity index (χ2n) is 4.52. The van der Waals surface area contributed by atoms with Gasteiger partial charge in [-0.05, 0) is 18.1 Å². The van der Waals surface area contributed by atoms with Gasteiger partial charge in [-0.25, -0.2) is 4.98 Å². The van der Waals surface area contributed by atoms with E-state index < -0.39 is 17.8 Å². The topological polar surface area (TPSA) is 56.9 Å². The van der Waals surface area contributed by atoms with Crippen LogP contribution in [0.2, 0.25) is 0 Å². The van der Waals surface area contributed by atoms with Crippen molar-refractivity contribution in [2.45, 2.75) is 18.3 Å². The van der Waals surface area contributed by atoms with E-state index in [-0.39, 0.29) is 6.61 Å². The van der Waals surface area contributed by atoms with Crippen molar-refractivity contribution in [1.82, 2.24) is 4.98 Å². The Balaban J connectivity index is 2.42. The van der Waals surface area contributed by atoms with Gasteiger partial charge in [-0.15, -0.1) is 0 Å². The summed E-state index contributed by atoms with van der Waals surface area (Å²) >= 11 is 0. The van der Waals surface area contributed by atoms with E-state index in [1.54, 1.807) is 12.1 Å². The Bertz CT molecular complexity index is 595. The smallest absolute Gasteiger partial charge is 0.216 e. The van der Waals surface area contributed by atoms with E-state index in [0.717, 1.165) is 5.56 Å². The van der Waals surface area contributed by atoms with Gasteiger partial charge in [0, 0.05) is 24.3 Å². The van der Waals surface area contributed by atoms with Crippen molar-refractivity contribution in [1.29, 1.82) is 5.26 Å². The van der Waals surface area contributed by atoms with E-state index in [1.807, 2.05) is 30.3 Å². The van der Waals surface area contributed by atoms with Crippen LogP contribution in [0.5, 0.6) is 0 Å². The number of rotatable bonds is 5. The molecule has 0 spiro atoms. The lowest BCUT2D eigenvalue weighted by atomic mass is 9.81. The maximum absolute atomic E-state index is 13.9. The summed E-state index contributed by atoms with van der Waals surface area (Å²) in [5.41, 5.74) is 1.19. The molecule has 1 heterocycles. The Kier molecular flexibility index (Phi) is 4.80. The molecule has 0 aliphatic carbocycles. The molecule has 4 heteroatoms. The van der Waals surface area contributed by atoms with Crippen molar-refractivity contribution in [3.05, 3.63) is 65.7 Å². The molecule has 0 radical (unpaired) electrons. The van der Waals surface area contributed by atoms with Crippen LogP contribution in [0, 0.1) is 17.3 Å². The fraction of sp³-hybridized carbons (Fsp3) is 0.250. The predicted molar refractivity (Wildman–Crippen MR) is 73.4 cm³/mol. The number of hydrogen-bond donors (Lipinski definition) is 1. The first-order valence-electron chi connectivity index (χ1n) is 6.43. The minimum absolute atomic E-state index is 0.107. The fourth-order valence-electron chi connectivity index (χ4n) is 2.37. The van der Waals surface area contributed by atoms with Crippen LogP contribution in [0.1, 0.15) is 29.4 Å². The lowest BCUT2D eigenvalue weighted by Crippen LogP contribution is -2.14. The Labute approximate surface area is 117 Å². The van der Waals surface area contributed by atoms with Gasteiger partial charge in [-0.1, -0.05) is 36.4 Å². The Morgan fingerprint density at radius 3 is 2.55 bits per heavy atom. The van der Waals surface area contributed by atoms with Crippen LogP contribution in [0.3, 0.4) is 0 Å². The number of pyridine rings is 1. The zero-order chi connectivity index (χ0) is 14.4. The minimum Gasteiger partial charge on any atom is -0.396 e. The van der Waals surface area contributed by atoms with Crippen LogP contribution in [0.15, 0.2) is 48.7 Å². The highest BCUT2D eigenvalue weighted by Gasteiger charge is 2.27. The summed E-state index contributed by atoms with van der Waals surface area (Å²) in [6.07, 6.45) is 1.69. The summed E-state index contributed by atoms with van der Waals surface area (Å²) in [5.74, 6) is -1.51. The Hall–Kier alpha value is -2.25. The van der Waals surface area contributed by atoms with Gasteiger partial charge in [0.1, 0.15) is 0 Å². The molecule has 102 valence electrons. The highest BCUT2D eigenvalue weighted by molar-refractivity contribution is 5.32. The maximum atomic E-state index is 13.9. The number of aromatic nitrogens is 1. The first-order valence-corrected chi connectivity index (χ1v) is 6.43. The Morgan fingerprint density at radius 1 is 1.20 bits per heavy atom. The molecule has 0 aliphatic heterocycles. The van der Waals surface area contributed by atoms with Crippen molar-refractivity contribution in [3.8, 4) is 6.07 Å². The lowest BCUT2D eigenvalue weighted by Gasteiger charge is -2.22. The average Bonchev–Trinajstić information content (AvgIpc) is 2.49. The summed E-state index contributed by atoms with van der Waals surface area (Å²) in [4.78, 5) is 3.63. The minimum atomic E-state index is -0.581. The first-order chi connectivity index (χ1) is 9.77. The molecule has 0 saturated carbocycles. The molecule has 2 atom stereocenters. The summed E-state index contributed by atoms with van der Waals surface area (Å²) < 4.78 is 13.9. The molecule has 0 saturated heterocycles. The number of aliphatic hydroxyl groups is 1. The molecule has 1 aromatic heterocycles. The third kappa shape index (κ3) is 3.01. The molecule has 0 fully saturated rings. The van der Waals surface area contributed by atoms with Crippen LogP contribution in [0.25, 0.3) is 0 Å². The molecule has 0 aliphatic rings. The maximum Gasteiger partial charge on any atom is 0.216 e. The van der Waals surface area contributed by atoms with Gasteiger partial charge in [0.05, 0.1) is 12.0 Å². The van der Waals surface area contributed by atoms with Gasteiger partial charge < -0.3 is 5.11 Å². The summed E-state index contributed by atoms with van der Waals surface area (Å²) in [7, 11) is 0. The average molecular weight is 270 g/mol. The number of halogens is 1. The second kappa shape index (κ2) is 6.78. The quantitative estimate of drug-likeness (QED) is 0.850. The number of nitriles is 1. The summed E-state index contributed by atoms with van der Waals surface area (Å²) in [6, 6.07) is 14.7. The van der Waals surface area contributed by atoms with E-state index >= 15 is 0 Å². The zero-order valence-electron chi connectivity index (χ0n) is 10.9. The number of hydrogen-bond acceptors (Lipinski definition) is 3. The molecule has 0 amide bonds. The first kappa shape index (κ1) is 14.2. The van der Waals surface area contributed by atoms with Crippen LogP contribution in [-0.2, 0) is 0 Å².